The summed E-state index contributed by atoms with van der Waals surface area (Å²) in [6, 6.07) is 8.26. The van der Waals surface area contributed by atoms with E-state index in [0.717, 1.165) is 19.6 Å². The van der Waals surface area contributed by atoms with Crippen molar-refractivity contribution in [1.29, 1.82) is 0 Å². The first-order valence-corrected chi connectivity index (χ1v) is 9.58. The molecule has 5 heteroatoms. The summed E-state index contributed by atoms with van der Waals surface area (Å²) >= 11 is 0. The van der Waals surface area contributed by atoms with E-state index in [1.165, 1.54) is 31.7 Å². The summed E-state index contributed by atoms with van der Waals surface area (Å²) in [6.45, 7) is 7.52. The van der Waals surface area contributed by atoms with Gasteiger partial charge < -0.3 is 10.2 Å². The first-order chi connectivity index (χ1) is 12.0. The topological polar surface area (TPSA) is 35.6 Å². The first kappa shape index (κ1) is 18.3. The Balaban J connectivity index is 1.48. The van der Waals surface area contributed by atoms with Gasteiger partial charge in [-0.2, -0.15) is 0 Å². The maximum Gasteiger partial charge on any atom is 0.225 e. The van der Waals surface area contributed by atoms with Gasteiger partial charge in [0.1, 0.15) is 5.82 Å². The lowest BCUT2D eigenvalue weighted by atomic mass is 10.0. The maximum absolute atomic E-state index is 13.6. The predicted octanol–water partition coefficient (Wildman–Crippen LogP) is 3.49. The molecule has 3 rings (SSSR count). The minimum Gasteiger partial charge on any atom is -0.324 e. The van der Waals surface area contributed by atoms with E-state index in [0.29, 0.717) is 24.5 Å². The number of hydrogen-bond donors (Lipinski definition) is 1. The van der Waals surface area contributed by atoms with Crippen molar-refractivity contribution in [1.82, 2.24) is 9.80 Å². The van der Waals surface area contributed by atoms with Gasteiger partial charge in [0.15, 0.2) is 0 Å². The van der Waals surface area contributed by atoms with Crippen LogP contribution in [0.2, 0.25) is 0 Å². The van der Waals surface area contributed by atoms with E-state index in [9.17, 15) is 9.18 Å². The lowest BCUT2D eigenvalue weighted by molar-refractivity contribution is -0.116. The van der Waals surface area contributed by atoms with Crippen molar-refractivity contribution in [2.24, 2.45) is 0 Å². The molecule has 0 unspecified atom stereocenters. The molecule has 0 radical (unpaired) electrons. The van der Waals surface area contributed by atoms with Crippen molar-refractivity contribution in [3.8, 4) is 0 Å². The summed E-state index contributed by atoms with van der Waals surface area (Å²) in [7, 11) is 0. The summed E-state index contributed by atoms with van der Waals surface area (Å²) in [6.07, 6.45) is 5.44. The summed E-state index contributed by atoms with van der Waals surface area (Å²) in [4.78, 5) is 17.2. The molecule has 0 saturated carbocycles. The van der Waals surface area contributed by atoms with E-state index < -0.39 is 0 Å². The zero-order valence-corrected chi connectivity index (χ0v) is 15.4. The zero-order chi connectivity index (χ0) is 17.8. The lowest BCUT2D eigenvalue weighted by Crippen LogP contribution is -2.51. The van der Waals surface area contributed by atoms with Crippen molar-refractivity contribution in [2.45, 2.75) is 64.1 Å². The number of nitrogens with one attached hydrogen (secondary N) is 1. The lowest BCUT2D eigenvalue weighted by Gasteiger charge is -2.41. The van der Waals surface area contributed by atoms with E-state index in [1.807, 2.05) is 0 Å². The first-order valence-electron chi connectivity index (χ1n) is 9.58. The fourth-order valence-electron chi connectivity index (χ4n) is 4.45. The molecule has 3 atom stereocenters. The molecule has 1 N–H and O–H groups in total. The van der Waals surface area contributed by atoms with Crippen LogP contribution in [0.1, 0.15) is 46.0 Å². The Bertz CT molecular complexity index is 584. The highest BCUT2D eigenvalue weighted by molar-refractivity contribution is 5.90. The summed E-state index contributed by atoms with van der Waals surface area (Å²) < 4.78 is 13.6. The second-order valence-electron chi connectivity index (χ2n) is 7.60. The third-order valence-corrected chi connectivity index (χ3v) is 5.73. The van der Waals surface area contributed by atoms with Crippen LogP contribution in [-0.2, 0) is 4.79 Å². The number of benzene rings is 1. The Morgan fingerprint density at radius 2 is 1.92 bits per heavy atom. The number of anilines is 1. The molecule has 2 aliphatic heterocycles. The molecule has 1 aromatic carbocycles. The zero-order valence-electron chi connectivity index (χ0n) is 15.4. The molecular weight excluding hydrogens is 317 g/mol. The molecule has 138 valence electrons. The molecule has 0 spiro atoms. The van der Waals surface area contributed by atoms with Gasteiger partial charge in [0.05, 0.1) is 5.69 Å². The van der Waals surface area contributed by atoms with Crippen molar-refractivity contribution in [2.75, 3.05) is 25.0 Å². The van der Waals surface area contributed by atoms with Crippen molar-refractivity contribution in [3.05, 3.63) is 30.1 Å². The largest absolute Gasteiger partial charge is 0.324 e. The molecule has 0 aliphatic carbocycles. The Morgan fingerprint density at radius 1 is 1.20 bits per heavy atom. The number of rotatable bonds is 5. The van der Waals surface area contributed by atoms with Crippen LogP contribution in [0, 0.1) is 5.82 Å². The quantitative estimate of drug-likeness (QED) is 0.886. The van der Waals surface area contributed by atoms with Crippen LogP contribution in [0.3, 0.4) is 0 Å². The van der Waals surface area contributed by atoms with E-state index in [1.54, 1.807) is 18.2 Å². The van der Waals surface area contributed by atoms with Crippen LogP contribution in [0.4, 0.5) is 10.1 Å². The number of carbonyl (C=O) groups is 1. The molecule has 0 bridgehead atoms. The third kappa shape index (κ3) is 4.59. The highest BCUT2D eigenvalue weighted by atomic mass is 19.1. The van der Waals surface area contributed by atoms with Gasteiger partial charge in [-0.25, -0.2) is 4.39 Å². The van der Waals surface area contributed by atoms with Gasteiger partial charge in [-0.05, 0) is 58.2 Å². The number of carbonyl (C=O) groups excluding carboxylic acids is 1. The van der Waals surface area contributed by atoms with Crippen molar-refractivity contribution in [3.63, 3.8) is 0 Å². The maximum atomic E-state index is 13.6. The van der Waals surface area contributed by atoms with Gasteiger partial charge in [0.2, 0.25) is 5.91 Å². The number of para-hydroxylation sites is 1. The monoisotopic (exact) mass is 347 g/mol. The number of halogens is 1. The minimum atomic E-state index is -0.383. The number of nitrogens with zero attached hydrogens (tertiary/aromatic N) is 2. The molecule has 2 fully saturated rings. The normalized spacial score (nSPS) is 28.2. The SMILES string of the molecule is C[C@@H]1CC[C@@H](C)N1[C@H]1CCCN(CCC(=O)Nc2ccccc2F)C1. The standard InChI is InChI=1S/C20H30FN3O/c1-15-9-10-16(2)24(15)17-6-5-12-23(14-17)13-11-20(25)22-19-8-4-3-7-18(19)21/h3-4,7-8,15-17H,5-6,9-14H2,1-2H3,(H,22,25)/t15-,16-,17+/m1/s1. The molecular formula is C20H30FN3O. The molecule has 2 heterocycles. The summed E-state index contributed by atoms with van der Waals surface area (Å²) in [5.74, 6) is -0.499. The molecule has 2 saturated heterocycles. The van der Waals surface area contributed by atoms with E-state index in [2.05, 4.69) is 29.0 Å². The Hall–Kier alpha value is -1.46. The van der Waals surface area contributed by atoms with Crippen molar-refractivity contribution < 1.29 is 9.18 Å². The Kier molecular flexibility index (Phi) is 6.07. The van der Waals surface area contributed by atoms with Gasteiger partial charge in [-0.3, -0.25) is 9.69 Å². The second-order valence-corrected chi connectivity index (χ2v) is 7.60. The number of hydrogen-bond acceptors (Lipinski definition) is 3. The fraction of sp³-hybridized carbons (Fsp3) is 0.650. The summed E-state index contributed by atoms with van der Waals surface area (Å²) in [5.41, 5.74) is 0.267. The van der Waals surface area contributed by atoms with Gasteiger partial charge in [0, 0.05) is 37.6 Å². The molecule has 1 amide bonds. The summed E-state index contributed by atoms with van der Waals surface area (Å²) in [5, 5.41) is 2.68. The van der Waals surface area contributed by atoms with Gasteiger partial charge in [0.25, 0.3) is 0 Å². The predicted molar refractivity (Wildman–Crippen MR) is 99.1 cm³/mol. The van der Waals surface area contributed by atoms with Gasteiger partial charge in [-0.15, -0.1) is 0 Å². The Labute approximate surface area is 150 Å². The highest BCUT2D eigenvalue weighted by Gasteiger charge is 2.35. The average molecular weight is 347 g/mol. The van der Waals surface area contributed by atoms with Crippen LogP contribution < -0.4 is 5.32 Å². The molecule has 0 aromatic heterocycles. The van der Waals surface area contributed by atoms with Crippen LogP contribution in [0.25, 0.3) is 0 Å². The second kappa shape index (κ2) is 8.28. The van der Waals surface area contributed by atoms with E-state index in [4.69, 9.17) is 0 Å². The fourth-order valence-corrected chi connectivity index (χ4v) is 4.45. The Morgan fingerprint density at radius 3 is 2.64 bits per heavy atom. The van der Waals surface area contributed by atoms with Gasteiger partial charge >= 0.3 is 0 Å². The third-order valence-electron chi connectivity index (χ3n) is 5.73. The molecule has 4 nitrogen and oxygen atoms in total. The van der Waals surface area contributed by atoms with Crippen LogP contribution >= 0.6 is 0 Å². The molecule has 2 aliphatic rings. The minimum absolute atomic E-state index is 0.116. The highest BCUT2D eigenvalue weighted by Crippen LogP contribution is 2.29. The van der Waals surface area contributed by atoms with E-state index in [-0.39, 0.29) is 17.4 Å². The molecule has 1 aromatic rings. The van der Waals surface area contributed by atoms with Gasteiger partial charge in [-0.1, -0.05) is 12.1 Å². The van der Waals surface area contributed by atoms with E-state index >= 15 is 0 Å². The number of amides is 1. The number of likely N-dealkylation sites (tertiary alicyclic amines) is 2. The van der Waals surface area contributed by atoms with Crippen LogP contribution in [-0.4, -0.2) is 53.5 Å². The smallest absolute Gasteiger partial charge is 0.225 e. The van der Waals surface area contributed by atoms with Crippen LogP contribution in [0.5, 0.6) is 0 Å². The van der Waals surface area contributed by atoms with Crippen LogP contribution in [0.15, 0.2) is 24.3 Å². The molecule has 25 heavy (non-hydrogen) atoms. The van der Waals surface area contributed by atoms with Crippen molar-refractivity contribution >= 4 is 11.6 Å². The average Bonchev–Trinajstić information content (AvgIpc) is 2.94. The number of piperidine rings is 1.